The summed E-state index contributed by atoms with van der Waals surface area (Å²) in [7, 11) is 3.16. The lowest BCUT2D eigenvalue weighted by atomic mass is 9.99. The Bertz CT molecular complexity index is 2770. The second kappa shape index (κ2) is 31.0. The van der Waals surface area contributed by atoms with E-state index in [0.29, 0.717) is 63.5 Å². The Morgan fingerprint density at radius 2 is 1.01 bits per heavy atom. The van der Waals surface area contributed by atoms with Gasteiger partial charge in [0.1, 0.15) is 59.2 Å². The van der Waals surface area contributed by atoms with Gasteiger partial charge in [-0.15, -0.1) is 35.3 Å². The summed E-state index contributed by atoms with van der Waals surface area (Å²) in [6, 6.07) is -1.32. The molecule has 0 aromatic rings. The monoisotopic (exact) mass is 1310 g/mol. The molecule has 1 saturated carbocycles. The summed E-state index contributed by atoms with van der Waals surface area (Å²) in [6.07, 6.45) is -2.66. The first-order chi connectivity index (χ1) is 41.8. The van der Waals surface area contributed by atoms with Crippen molar-refractivity contribution in [2.75, 3.05) is 47.1 Å². The van der Waals surface area contributed by atoms with Gasteiger partial charge in [0.15, 0.2) is 0 Å². The zero-order chi connectivity index (χ0) is 66.4. The van der Waals surface area contributed by atoms with Crippen LogP contribution in [-0.2, 0) is 4.74 Å². The van der Waals surface area contributed by atoms with Gasteiger partial charge in [0.25, 0.3) is 0 Å². The number of aliphatic hydroxyl groups excluding tert-OH is 14. The predicted octanol–water partition coefficient (Wildman–Crippen LogP) is -5.05. The Hall–Kier alpha value is -5.84. The van der Waals surface area contributed by atoms with Crippen LogP contribution < -0.4 is 38.5 Å². The van der Waals surface area contributed by atoms with Gasteiger partial charge in [-0.1, -0.05) is 32.9 Å². The molecular formula is C55H83N13O18S3. The van der Waals surface area contributed by atoms with Gasteiger partial charge in [-0.25, -0.2) is 24.4 Å². The van der Waals surface area contributed by atoms with Crippen LogP contribution in [0.4, 0.5) is 14.4 Å². The van der Waals surface area contributed by atoms with Gasteiger partial charge in [0.2, 0.25) is 0 Å². The van der Waals surface area contributed by atoms with Crippen molar-refractivity contribution in [1.29, 1.82) is 0 Å². The van der Waals surface area contributed by atoms with Crippen LogP contribution in [0.3, 0.4) is 0 Å². The van der Waals surface area contributed by atoms with Crippen LogP contribution in [0.1, 0.15) is 20.3 Å². The standard InChI is InChI=1S/C12H19N3O3.C11H17N3O4.C11H17N3O3S.C11H16N2O4S.C10H14N2O4S/c1-6-4-15(7(2)14-12(6)13)9-3-8(5-16)10(17)11(9)18;1-5-6(4-14(2)11(17)13-5)10-9(16)8(15)7(3-12)18-10;1-5-3-14(6(2)13-10(5)12)11-9(17)8(16)7(4-15)18-11;1-5-6(3-13(2)11(17)12-5)10-9(16)8(15)7(4-14)18-10;1-4-5(2-11-10(16)12-4)9-8(15)7(14)6(3-13)17-9/h4,8-11,16-18H,2-3,5H2,1H3,(H2,13,14);4,7-10,15-16H,1,3,12H2,2H3,(H,13,17);3,7-9,11,15-17H,2,4H2,1H3,(H2,12,13);3,7-10,14-16H,1,4H2,2H3,(H,12,17);2,6-9,13-15H,1,3H2,(H2,11,12,16)/t8-,9-,10?,11-;7-,8?,9+,10+;7-,8?,9+,11-;7-,8?,9+,10+;6-,7?,8+,9+/m11111/s1. The summed E-state index contributed by atoms with van der Waals surface area (Å²) >= 11 is 3.85. The highest BCUT2D eigenvalue weighted by Gasteiger charge is 2.49. The zero-order valence-corrected chi connectivity index (χ0v) is 51.7. The first-order valence-electron chi connectivity index (χ1n) is 27.8. The van der Waals surface area contributed by atoms with E-state index >= 15 is 0 Å². The SMILES string of the molecule is C=C1N=C(N)C(C)=CN1[C@@H]1C[C@H](CO)C(O)[C@@H]1O.C=C1N=C(N)C(C)=CN1[C@@H]1S[C@H](CO)C(O)[C@@H]1O.C=C1NC(=O)N(C)C=C1[C@@H]1O[C@H](CN)C(O)[C@@H]1O.C=C1NC(=O)N(C)C=C1[C@@H]1S[C@H](CO)C(O)[C@@H]1O.C=C1NC(=O)NC=C1[C@@H]1S[C@H](CO)C(O)[C@@H]1O. The van der Waals surface area contributed by atoms with Crippen LogP contribution in [0.15, 0.2) is 130 Å². The molecule has 24 N–H and O–H groups in total. The molecule has 4 saturated heterocycles. The molecule has 6 amide bonds. The van der Waals surface area contributed by atoms with Gasteiger partial charge in [-0.3, -0.25) is 0 Å². The number of thioether (sulfide) groups is 3. The molecule has 1 aliphatic carbocycles. The summed E-state index contributed by atoms with van der Waals surface area (Å²) in [5.41, 5.74) is 21.4. The molecule has 0 aromatic heterocycles. The van der Waals surface area contributed by atoms with E-state index in [9.17, 15) is 65.4 Å². The highest BCUT2D eigenvalue weighted by atomic mass is 32.2. The van der Waals surface area contributed by atoms with E-state index in [1.807, 2.05) is 13.8 Å². The number of aliphatic hydroxyl groups is 14. The van der Waals surface area contributed by atoms with E-state index in [0.717, 1.165) is 11.1 Å². The van der Waals surface area contributed by atoms with Crippen LogP contribution >= 0.6 is 35.3 Å². The second-order valence-electron chi connectivity index (χ2n) is 21.9. The minimum absolute atomic E-state index is 0.108. The van der Waals surface area contributed by atoms with Gasteiger partial charge in [0, 0.05) is 109 Å². The molecule has 31 nitrogen and oxygen atoms in total. The van der Waals surface area contributed by atoms with Crippen molar-refractivity contribution in [1.82, 2.24) is 40.9 Å². The highest BCUT2D eigenvalue weighted by molar-refractivity contribution is 8.01. The Balaban J connectivity index is 0.000000177. The van der Waals surface area contributed by atoms with Crippen LogP contribution in [0.25, 0.3) is 0 Å². The number of carbonyl (C=O) groups is 3. The average Bonchev–Trinajstić information content (AvgIpc) is 2.01. The van der Waals surface area contributed by atoms with E-state index in [1.165, 1.54) is 57.5 Å². The fraction of sp³-hybridized carbons (Fsp3) is 0.545. The number of amides is 6. The Labute approximate surface area is 526 Å². The number of allylic oxidation sites excluding steroid dienone is 2. The number of rotatable bonds is 10. The highest BCUT2D eigenvalue weighted by Crippen LogP contribution is 2.43. The number of urea groups is 3. The van der Waals surface area contributed by atoms with Crippen molar-refractivity contribution in [2.24, 2.45) is 33.1 Å². The number of nitrogens with zero attached hydrogens (tertiary/aromatic N) is 6. The van der Waals surface area contributed by atoms with E-state index in [-0.39, 0.29) is 63.0 Å². The first kappa shape index (κ1) is 72.2. The summed E-state index contributed by atoms with van der Waals surface area (Å²) in [6.45, 7) is 21.7. The average molecular weight is 1310 g/mol. The van der Waals surface area contributed by atoms with E-state index < -0.39 is 105 Å². The molecule has 10 rings (SSSR count). The van der Waals surface area contributed by atoms with E-state index in [1.54, 1.807) is 42.5 Å². The van der Waals surface area contributed by atoms with E-state index in [4.69, 9.17) is 42.4 Å². The maximum Gasteiger partial charge on any atom is 0.325 e. The molecular weight excluding hydrogens is 1230 g/mol. The Morgan fingerprint density at radius 3 is 1.46 bits per heavy atom. The first-order valence-corrected chi connectivity index (χ1v) is 30.6. The predicted molar refractivity (Wildman–Crippen MR) is 332 cm³/mol. The Kier molecular flexibility index (Phi) is 25.1. The lowest BCUT2D eigenvalue weighted by Gasteiger charge is -2.32. The Morgan fingerprint density at radius 1 is 0.562 bits per heavy atom. The summed E-state index contributed by atoms with van der Waals surface area (Å²) in [5.74, 6) is 1.33. The number of amidine groups is 2. The summed E-state index contributed by atoms with van der Waals surface area (Å²) in [5, 5.41) is 143. The van der Waals surface area contributed by atoms with Crippen LogP contribution in [0.5, 0.6) is 0 Å². The number of nitrogens with two attached hydrogens (primary N) is 3. The molecule has 20 atom stereocenters. The number of ether oxygens (including phenoxy) is 1. The molecule has 9 heterocycles. The molecule has 0 bridgehead atoms. The van der Waals surface area contributed by atoms with Gasteiger partial charge in [0.05, 0.1) is 94.8 Å². The third-order valence-corrected chi connectivity index (χ3v) is 20.6. The maximum atomic E-state index is 11.4. The van der Waals surface area contributed by atoms with Crippen molar-refractivity contribution < 1.29 is 90.6 Å². The van der Waals surface area contributed by atoms with Gasteiger partial charge >= 0.3 is 18.1 Å². The minimum Gasteiger partial charge on any atom is -0.396 e. The number of hydrogen-bond acceptors (Lipinski definition) is 28. The molecule has 89 heavy (non-hydrogen) atoms. The van der Waals surface area contributed by atoms with Gasteiger partial charge in [-0.2, -0.15) is 0 Å². The van der Waals surface area contributed by atoms with Gasteiger partial charge < -0.3 is 134 Å². The van der Waals surface area contributed by atoms with Crippen molar-refractivity contribution >= 4 is 65.1 Å². The number of aliphatic imine (C=N–C) groups is 2. The lowest BCUT2D eigenvalue weighted by molar-refractivity contribution is -0.00849. The molecule has 9 aliphatic heterocycles. The van der Waals surface area contributed by atoms with Crippen LogP contribution in [0, 0.1) is 5.92 Å². The quantitative estimate of drug-likeness (QED) is 0.0973. The molecule has 0 aromatic carbocycles. The fourth-order valence-corrected chi connectivity index (χ4v) is 14.8. The molecule has 494 valence electrons. The van der Waals surface area contributed by atoms with Crippen molar-refractivity contribution in [2.45, 2.75) is 131 Å². The second-order valence-corrected chi connectivity index (χ2v) is 26.1. The fourth-order valence-electron chi connectivity index (χ4n) is 10.4. The van der Waals surface area contributed by atoms with Crippen molar-refractivity contribution in [3.63, 3.8) is 0 Å². The van der Waals surface area contributed by atoms with Gasteiger partial charge in [-0.05, 0) is 20.3 Å². The van der Waals surface area contributed by atoms with Crippen LogP contribution in [-0.4, -0.2) is 279 Å². The summed E-state index contributed by atoms with van der Waals surface area (Å²) < 4.78 is 5.50. The smallest absolute Gasteiger partial charge is 0.325 e. The zero-order valence-electron chi connectivity index (χ0n) is 49.2. The third-order valence-electron chi connectivity index (χ3n) is 15.8. The van der Waals surface area contributed by atoms with Crippen LogP contribution in [0.2, 0.25) is 0 Å². The topological polar surface area (TPSA) is 508 Å². The largest absolute Gasteiger partial charge is 0.396 e. The number of hydrogen-bond donors (Lipinski definition) is 21. The molecule has 34 heteroatoms. The molecule has 0 spiro atoms. The molecule has 5 unspecified atom stereocenters. The van der Waals surface area contributed by atoms with Crippen molar-refractivity contribution in [3.05, 3.63) is 120 Å². The molecule has 10 aliphatic rings. The maximum absolute atomic E-state index is 11.4. The molecule has 5 fully saturated rings. The molecule has 0 radical (unpaired) electrons. The minimum atomic E-state index is -1.09. The number of nitrogens with one attached hydrogen (secondary N) is 4. The number of carbonyl (C=O) groups excluding carboxylic acids is 3. The lowest BCUT2D eigenvalue weighted by Crippen LogP contribution is -2.42. The van der Waals surface area contributed by atoms with E-state index in [2.05, 4.69) is 64.1 Å². The van der Waals surface area contributed by atoms with Crippen molar-refractivity contribution in [3.8, 4) is 0 Å². The third kappa shape index (κ3) is 16.1. The normalized spacial score (nSPS) is 36.8. The summed E-state index contributed by atoms with van der Waals surface area (Å²) in [4.78, 5) is 48.0.